The summed E-state index contributed by atoms with van der Waals surface area (Å²) in [5.74, 6) is 0. The zero-order chi connectivity index (χ0) is 12.1. The zero-order valence-corrected chi connectivity index (χ0v) is 10.5. The molecule has 1 aliphatic rings. The maximum Gasteiger partial charge on any atom is 0.0446 e. The van der Waals surface area contributed by atoms with Crippen molar-refractivity contribution in [2.24, 2.45) is 0 Å². The minimum Gasteiger partial charge on any atom is -0.396 e. The minimum atomic E-state index is 0.274. The highest BCUT2D eigenvalue weighted by Crippen LogP contribution is 2.15. The maximum atomic E-state index is 9.10. The third-order valence-electron chi connectivity index (χ3n) is 3.57. The molecule has 1 aromatic carbocycles. The highest BCUT2D eigenvalue weighted by molar-refractivity contribution is 5.25. The Morgan fingerprint density at radius 3 is 3.00 bits per heavy atom. The van der Waals surface area contributed by atoms with Gasteiger partial charge >= 0.3 is 0 Å². The lowest BCUT2D eigenvalue weighted by atomic mass is 10.1. The van der Waals surface area contributed by atoms with Crippen molar-refractivity contribution in [3.8, 4) is 0 Å². The largest absolute Gasteiger partial charge is 0.396 e. The number of aryl methyl sites for hydroxylation is 1. The molecule has 0 radical (unpaired) electrons. The molecule has 2 N–H and O–H groups in total. The Hall–Kier alpha value is -0.900. The number of nitrogens with one attached hydrogen (secondary N) is 1. The number of hydrogen-bond acceptors (Lipinski definition) is 3. The van der Waals surface area contributed by atoms with Gasteiger partial charge in [-0.15, -0.1) is 0 Å². The fourth-order valence-electron chi connectivity index (χ4n) is 2.45. The summed E-state index contributed by atoms with van der Waals surface area (Å²) in [5.41, 5.74) is 2.76. The molecule has 1 fully saturated rings. The molecule has 3 nitrogen and oxygen atoms in total. The first-order valence-electron chi connectivity index (χ1n) is 6.41. The summed E-state index contributed by atoms with van der Waals surface area (Å²) in [4.78, 5) is 2.48. The molecule has 3 heteroatoms. The van der Waals surface area contributed by atoms with Crippen LogP contribution in [0.1, 0.15) is 17.5 Å². The normalized spacial score (nSPS) is 21.6. The molecule has 0 saturated carbocycles. The molecule has 1 heterocycles. The van der Waals surface area contributed by atoms with Crippen LogP contribution in [-0.2, 0) is 6.54 Å². The molecule has 1 atom stereocenters. The lowest BCUT2D eigenvalue weighted by molar-refractivity contribution is 0.123. The van der Waals surface area contributed by atoms with Crippen LogP contribution in [0, 0.1) is 6.92 Å². The van der Waals surface area contributed by atoms with E-state index in [9.17, 15) is 0 Å². The van der Waals surface area contributed by atoms with Crippen molar-refractivity contribution in [1.82, 2.24) is 10.2 Å². The second kappa shape index (κ2) is 6.15. The third-order valence-corrected chi connectivity index (χ3v) is 3.57. The van der Waals surface area contributed by atoms with Crippen molar-refractivity contribution in [3.05, 3.63) is 35.4 Å². The van der Waals surface area contributed by atoms with E-state index >= 15 is 0 Å². The van der Waals surface area contributed by atoms with Gasteiger partial charge in [0.25, 0.3) is 0 Å². The zero-order valence-electron chi connectivity index (χ0n) is 10.5. The van der Waals surface area contributed by atoms with Crippen LogP contribution in [0.3, 0.4) is 0 Å². The van der Waals surface area contributed by atoms with E-state index in [1.165, 1.54) is 11.1 Å². The Bertz CT molecular complexity index is 352. The van der Waals surface area contributed by atoms with Crippen molar-refractivity contribution in [2.75, 3.05) is 26.2 Å². The Balaban J connectivity index is 2.03. The van der Waals surface area contributed by atoms with Gasteiger partial charge in [0.05, 0.1) is 0 Å². The summed E-state index contributed by atoms with van der Waals surface area (Å²) < 4.78 is 0. The Morgan fingerprint density at radius 1 is 1.41 bits per heavy atom. The van der Waals surface area contributed by atoms with Crippen LogP contribution in [0.4, 0.5) is 0 Å². The van der Waals surface area contributed by atoms with Gasteiger partial charge in [0.15, 0.2) is 0 Å². The van der Waals surface area contributed by atoms with E-state index in [2.05, 4.69) is 41.4 Å². The minimum absolute atomic E-state index is 0.274. The molecule has 0 amide bonds. The fourth-order valence-corrected chi connectivity index (χ4v) is 2.45. The average Bonchev–Trinajstić information content (AvgIpc) is 2.35. The number of aliphatic hydroxyl groups excluding tert-OH is 1. The first kappa shape index (κ1) is 12.6. The molecule has 1 aliphatic heterocycles. The van der Waals surface area contributed by atoms with Gasteiger partial charge in [0.2, 0.25) is 0 Å². The summed E-state index contributed by atoms with van der Waals surface area (Å²) in [7, 11) is 0. The summed E-state index contributed by atoms with van der Waals surface area (Å²) >= 11 is 0. The monoisotopic (exact) mass is 234 g/mol. The standard InChI is InChI=1S/C14H22N2O/c1-12-4-2-3-5-13(12)11-16-8-7-15-10-14(16)6-9-17/h2-5,14-15,17H,6-11H2,1H3/t14-/m0/s1. The van der Waals surface area contributed by atoms with Gasteiger partial charge in [0, 0.05) is 38.8 Å². The number of rotatable bonds is 4. The van der Waals surface area contributed by atoms with E-state index in [0.717, 1.165) is 32.6 Å². The molecule has 94 valence electrons. The number of aliphatic hydroxyl groups is 1. The third kappa shape index (κ3) is 3.28. The Kier molecular flexibility index (Phi) is 4.54. The molecular weight excluding hydrogens is 212 g/mol. The van der Waals surface area contributed by atoms with E-state index in [1.54, 1.807) is 0 Å². The predicted molar refractivity (Wildman–Crippen MR) is 69.9 cm³/mol. The van der Waals surface area contributed by atoms with Crippen molar-refractivity contribution < 1.29 is 5.11 Å². The van der Waals surface area contributed by atoms with Gasteiger partial charge in [-0.3, -0.25) is 4.90 Å². The van der Waals surface area contributed by atoms with E-state index in [0.29, 0.717) is 6.04 Å². The average molecular weight is 234 g/mol. The first-order valence-corrected chi connectivity index (χ1v) is 6.41. The van der Waals surface area contributed by atoms with Crippen LogP contribution in [0.5, 0.6) is 0 Å². The molecule has 0 spiro atoms. The number of nitrogens with zero attached hydrogens (tertiary/aromatic N) is 1. The van der Waals surface area contributed by atoms with Gasteiger partial charge in [-0.05, 0) is 24.5 Å². The van der Waals surface area contributed by atoms with Gasteiger partial charge in [-0.2, -0.15) is 0 Å². The number of piperazine rings is 1. The molecule has 0 unspecified atom stereocenters. The van der Waals surface area contributed by atoms with Crippen LogP contribution < -0.4 is 5.32 Å². The highest BCUT2D eigenvalue weighted by Gasteiger charge is 2.21. The number of hydrogen-bond donors (Lipinski definition) is 2. The summed E-state index contributed by atoms with van der Waals surface area (Å²) in [6.45, 7) is 6.55. The first-order chi connectivity index (χ1) is 8.31. The molecule has 1 aromatic rings. The quantitative estimate of drug-likeness (QED) is 0.820. The fraction of sp³-hybridized carbons (Fsp3) is 0.571. The molecule has 0 aliphatic carbocycles. The van der Waals surface area contributed by atoms with Gasteiger partial charge < -0.3 is 10.4 Å². The van der Waals surface area contributed by atoms with Crippen molar-refractivity contribution in [1.29, 1.82) is 0 Å². The lowest BCUT2D eigenvalue weighted by Gasteiger charge is -2.36. The molecule has 1 saturated heterocycles. The lowest BCUT2D eigenvalue weighted by Crippen LogP contribution is -2.51. The second-order valence-electron chi connectivity index (χ2n) is 4.77. The molecular formula is C14H22N2O. The predicted octanol–water partition coefficient (Wildman–Crippen LogP) is 1.15. The highest BCUT2D eigenvalue weighted by atomic mass is 16.3. The summed E-state index contributed by atoms with van der Waals surface area (Å²) in [6.07, 6.45) is 0.860. The van der Waals surface area contributed by atoms with Crippen LogP contribution in [0.25, 0.3) is 0 Å². The molecule has 0 aromatic heterocycles. The second-order valence-corrected chi connectivity index (χ2v) is 4.77. The van der Waals surface area contributed by atoms with E-state index in [1.807, 2.05) is 0 Å². The SMILES string of the molecule is Cc1ccccc1CN1CCNC[C@@H]1CCO. The van der Waals surface area contributed by atoms with Crippen LogP contribution >= 0.6 is 0 Å². The Morgan fingerprint density at radius 2 is 2.24 bits per heavy atom. The van der Waals surface area contributed by atoms with Crippen molar-refractivity contribution in [2.45, 2.75) is 25.9 Å². The summed E-state index contributed by atoms with van der Waals surface area (Å²) in [5, 5.41) is 12.5. The van der Waals surface area contributed by atoms with Crippen LogP contribution in [0.2, 0.25) is 0 Å². The van der Waals surface area contributed by atoms with Crippen molar-refractivity contribution >= 4 is 0 Å². The topological polar surface area (TPSA) is 35.5 Å². The maximum absolute atomic E-state index is 9.10. The van der Waals surface area contributed by atoms with Gasteiger partial charge in [0.1, 0.15) is 0 Å². The summed E-state index contributed by atoms with van der Waals surface area (Å²) in [6, 6.07) is 9.02. The van der Waals surface area contributed by atoms with Gasteiger partial charge in [-0.1, -0.05) is 24.3 Å². The van der Waals surface area contributed by atoms with Gasteiger partial charge in [-0.25, -0.2) is 0 Å². The van der Waals surface area contributed by atoms with E-state index in [-0.39, 0.29) is 6.61 Å². The molecule has 0 bridgehead atoms. The Labute approximate surface area is 103 Å². The molecule has 2 rings (SSSR count). The smallest absolute Gasteiger partial charge is 0.0446 e. The van der Waals surface area contributed by atoms with Crippen LogP contribution in [-0.4, -0.2) is 42.3 Å². The van der Waals surface area contributed by atoms with E-state index in [4.69, 9.17) is 5.11 Å². The molecule has 17 heavy (non-hydrogen) atoms. The van der Waals surface area contributed by atoms with E-state index < -0.39 is 0 Å². The van der Waals surface area contributed by atoms with Crippen LogP contribution in [0.15, 0.2) is 24.3 Å². The van der Waals surface area contributed by atoms with Crippen molar-refractivity contribution in [3.63, 3.8) is 0 Å². The number of benzene rings is 1.